The molecule has 9 heteroatoms. The number of halogens is 1. The molecule has 1 aromatic heterocycles. The van der Waals surface area contributed by atoms with Crippen LogP contribution < -0.4 is 10.6 Å². The zero-order chi connectivity index (χ0) is 20.1. The third-order valence-corrected chi connectivity index (χ3v) is 7.05. The van der Waals surface area contributed by atoms with E-state index in [0.29, 0.717) is 5.02 Å². The van der Waals surface area contributed by atoms with Crippen LogP contribution in [0.4, 0.5) is 0 Å². The summed E-state index contributed by atoms with van der Waals surface area (Å²) in [7, 11) is -3.88. The van der Waals surface area contributed by atoms with E-state index < -0.39 is 26.9 Å². The summed E-state index contributed by atoms with van der Waals surface area (Å²) >= 11 is 5.83. The normalized spacial score (nSPS) is 15.9. The van der Waals surface area contributed by atoms with Crippen molar-refractivity contribution in [3.8, 4) is 0 Å². The molecule has 1 aliphatic carbocycles. The van der Waals surface area contributed by atoms with E-state index in [0.717, 1.165) is 25.7 Å². The van der Waals surface area contributed by atoms with Crippen LogP contribution in [0.25, 0.3) is 0 Å². The third kappa shape index (κ3) is 4.74. The average Bonchev–Trinajstić information content (AvgIpc) is 3.36. The van der Waals surface area contributed by atoms with E-state index in [1.807, 2.05) is 0 Å². The molecule has 3 rings (SSSR count). The molecule has 0 unspecified atom stereocenters. The molecule has 0 radical (unpaired) electrons. The molecule has 1 aliphatic rings. The first kappa shape index (κ1) is 20.4. The summed E-state index contributed by atoms with van der Waals surface area (Å²) in [5.74, 6) is -1.45. The lowest BCUT2D eigenvalue weighted by atomic mass is 10.2. The number of carbonyl (C=O) groups excluding carboxylic acids is 2. The van der Waals surface area contributed by atoms with Crippen LogP contribution in [0.2, 0.25) is 5.02 Å². The van der Waals surface area contributed by atoms with Gasteiger partial charge in [-0.1, -0.05) is 24.4 Å². The van der Waals surface area contributed by atoms with Crippen LogP contribution >= 0.6 is 11.6 Å². The van der Waals surface area contributed by atoms with Gasteiger partial charge in [-0.05, 0) is 49.2 Å². The summed E-state index contributed by atoms with van der Waals surface area (Å²) in [5, 5.41) is 4.32. The minimum Gasteiger partial charge on any atom is -0.468 e. The highest BCUT2D eigenvalue weighted by atomic mass is 35.5. The molecule has 7 nitrogen and oxygen atoms in total. The van der Waals surface area contributed by atoms with Gasteiger partial charge in [-0.25, -0.2) is 8.42 Å². The summed E-state index contributed by atoms with van der Waals surface area (Å²) in [6, 6.07) is 8.81. The smallest absolute Gasteiger partial charge is 0.309 e. The third-order valence-electron chi connectivity index (χ3n) is 4.72. The molecule has 1 aromatic carbocycles. The Bertz CT molecular complexity index is 920. The molecule has 1 heterocycles. The van der Waals surface area contributed by atoms with Crippen LogP contribution in [-0.4, -0.2) is 32.8 Å². The van der Waals surface area contributed by atoms with E-state index in [1.54, 1.807) is 6.07 Å². The topological polar surface area (TPSA) is 105 Å². The maximum atomic E-state index is 13.0. The van der Waals surface area contributed by atoms with Crippen molar-refractivity contribution in [3.05, 3.63) is 53.4 Å². The second-order valence-electron chi connectivity index (χ2n) is 6.67. The van der Waals surface area contributed by atoms with Gasteiger partial charge in [-0.2, -0.15) is 0 Å². The molecule has 2 amide bonds. The molecule has 2 N–H and O–H groups in total. The number of sulfone groups is 1. The summed E-state index contributed by atoms with van der Waals surface area (Å²) in [5.41, 5.74) is 0. The summed E-state index contributed by atoms with van der Waals surface area (Å²) < 4.78 is 31.4. The van der Waals surface area contributed by atoms with Crippen molar-refractivity contribution in [2.24, 2.45) is 0 Å². The number of rotatable bonds is 6. The number of benzene rings is 1. The Morgan fingerprint density at radius 2 is 1.79 bits per heavy atom. The van der Waals surface area contributed by atoms with Gasteiger partial charge in [-0.3, -0.25) is 9.59 Å². The van der Waals surface area contributed by atoms with E-state index in [2.05, 4.69) is 10.6 Å². The Kier molecular flexibility index (Phi) is 6.41. The molecule has 1 atom stereocenters. The lowest BCUT2D eigenvalue weighted by Crippen LogP contribution is -2.45. The Morgan fingerprint density at radius 3 is 2.39 bits per heavy atom. The van der Waals surface area contributed by atoms with Crippen molar-refractivity contribution >= 4 is 33.3 Å². The van der Waals surface area contributed by atoms with Crippen molar-refractivity contribution in [1.82, 2.24) is 10.6 Å². The number of amides is 2. The molecule has 0 bridgehead atoms. The monoisotopic (exact) mass is 424 g/mol. The minimum atomic E-state index is -3.88. The highest BCUT2D eigenvalue weighted by molar-refractivity contribution is 7.91. The number of nitrogens with one attached hydrogen (secondary N) is 2. The maximum Gasteiger partial charge on any atom is 0.309 e. The van der Waals surface area contributed by atoms with E-state index in [1.165, 1.54) is 36.6 Å². The minimum absolute atomic E-state index is 0.00285. The number of hydrogen-bond donors (Lipinski definition) is 2. The average molecular weight is 425 g/mol. The van der Waals surface area contributed by atoms with Crippen LogP contribution in [0.1, 0.15) is 36.7 Å². The van der Waals surface area contributed by atoms with Gasteiger partial charge in [0.15, 0.2) is 9.84 Å². The van der Waals surface area contributed by atoms with Crippen LogP contribution in [-0.2, 0) is 19.4 Å². The van der Waals surface area contributed by atoms with Gasteiger partial charge < -0.3 is 15.1 Å². The second kappa shape index (κ2) is 8.79. The van der Waals surface area contributed by atoms with Gasteiger partial charge in [0.2, 0.25) is 0 Å². The molecule has 0 aliphatic heterocycles. The lowest BCUT2D eigenvalue weighted by molar-refractivity contribution is -0.139. The molecular weight excluding hydrogens is 404 g/mol. The van der Waals surface area contributed by atoms with E-state index in [-0.39, 0.29) is 23.2 Å². The highest BCUT2D eigenvalue weighted by Crippen LogP contribution is 2.29. The predicted molar refractivity (Wildman–Crippen MR) is 103 cm³/mol. The molecule has 1 saturated carbocycles. The van der Waals surface area contributed by atoms with Gasteiger partial charge >= 0.3 is 11.8 Å². The largest absolute Gasteiger partial charge is 0.468 e. The van der Waals surface area contributed by atoms with Crippen LogP contribution in [0, 0.1) is 0 Å². The van der Waals surface area contributed by atoms with Crippen molar-refractivity contribution in [2.75, 3.05) is 6.54 Å². The fraction of sp³-hybridized carbons (Fsp3) is 0.368. The Hall–Kier alpha value is -2.32. The Balaban J connectivity index is 1.73. The van der Waals surface area contributed by atoms with E-state index in [9.17, 15) is 18.0 Å². The summed E-state index contributed by atoms with van der Waals surface area (Å²) in [6.07, 6.45) is 5.09. The number of furan rings is 1. The zero-order valence-electron chi connectivity index (χ0n) is 15.1. The standard InChI is InChI=1S/C19H21ClN2O5S/c20-13-7-9-15(10-8-13)28(25,26)17(16-6-3-11-27-16)12-21-18(23)19(24)22-14-4-1-2-5-14/h3,6-11,14,17H,1-2,4-5,12H2,(H,21,23)(H,22,24)/t17-/m0/s1. The van der Waals surface area contributed by atoms with E-state index >= 15 is 0 Å². The summed E-state index contributed by atoms with van der Waals surface area (Å²) in [4.78, 5) is 24.2. The lowest BCUT2D eigenvalue weighted by Gasteiger charge is -2.17. The van der Waals surface area contributed by atoms with Gasteiger partial charge in [-0.15, -0.1) is 0 Å². The molecule has 2 aromatic rings. The van der Waals surface area contributed by atoms with E-state index in [4.69, 9.17) is 16.0 Å². The van der Waals surface area contributed by atoms with Crippen molar-refractivity contribution in [2.45, 2.75) is 41.9 Å². The molecule has 0 saturated heterocycles. The fourth-order valence-electron chi connectivity index (χ4n) is 3.21. The summed E-state index contributed by atoms with van der Waals surface area (Å²) in [6.45, 7) is -0.296. The predicted octanol–water partition coefficient (Wildman–Crippen LogP) is 2.62. The first-order valence-electron chi connectivity index (χ1n) is 8.99. The number of hydrogen-bond acceptors (Lipinski definition) is 5. The Morgan fingerprint density at radius 1 is 1.11 bits per heavy atom. The molecule has 0 spiro atoms. The first-order chi connectivity index (χ1) is 13.4. The van der Waals surface area contributed by atoms with Gasteiger partial charge in [0.1, 0.15) is 11.0 Å². The highest BCUT2D eigenvalue weighted by Gasteiger charge is 2.32. The van der Waals surface area contributed by atoms with Crippen LogP contribution in [0.5, 0.6) is 0 Å². The van der Waals surface area contributed by atoms with Crippen molar-refractivity contribution in [1.29, 1.82) is 0 Å². The van der Waals surface area contributed by atoms with Crippen LogP contribution in [0.3, 0.4) is 0 Å². The van der Waals surface area contributed by atoms with Gasteiger partial charge in [0.25, 0.3) is 0 Å². The molecule has 28 heavy (non-hydrogen) atoms. The Labute approximate surface area is 168 Å². The molecule has 150 valence electrons. The van der Waals surface area contributed by atoms with Crippen molar-refractivity contribution in [3.63, 3.8) is 0 Å². The molecular formula is C19H21ClN2O5S. The van der Waals surface area contributed by atoms with Crippen LogP contribution in [0.15, 0.2) is 52.0 Å². The molecule has 1 fully saturated rings. The fourth-order valence-corrected chi connectivity index (χ4v) is 4.93. The van der Waals surface area contributed by atoms with Gasteiger partial charge in [0.05, 0.1) is 11.2 Å². The SMILES string of the molecule is O=C(NC[C@@H](c1ccco1)S(=O)(=O)c1ccc(Cl)cc1)C(=O)NC1CCCC1. The maximum absolute atomic E-state index is 13.0. The zero-order valence-corrected chi connectivity index (χ0v) is 16.6. The quantitative estimate of drug-likeness (QED) is 0.693. The van der Waals surface area contributed by atoms with Gasteiger partial charge in [0, 0.05) is 17.6 Å². The number of carbonyl (C=O) groups is 2. The second-order valence-corrected chi connectivity index (χ2v) is 9.23. The first-order valence-corrected chi connectivity index (χ1v) is 10.9. The van der Waals surface area contributed by atoms with Crippen molar-refractivity contribution < 1.29 is 22.4 Å².